The van der Waals surface area contributed by atoms with Crippen LogP contribution in [0, 0.1) is 0 Å². The van der Waals surface area contributed by atoms with Crippen LogP contribution in [-0.4, -0.2) is 62.2 Å². The molecule has 8 nitrogen and oxygen atoms in total. The maximum atomic E-state index is 13.5. The zero-order valence-corrected chi connectivity index (χ0v) is 20.6. The number of hydrogen-bond acceptors (Lipinski definition) is 6. The standard InChI is InChI=1S/C25H24ClN5O3S/c26-22-8-7-21(35-22)20-14-16(28-34-20)15-31-19-5-2-1-4-18(19)24(27-31)25(33)29-12-9-17(10-13-29)30-11-3-6-23(30)32/h1-2,4-5,7-8,14,17H,3,6,9-13,15H2. The van der Waals surface area contributed by atoms with Crippen LogP contribution in [0.15, 0.2) is 47.0 Å². The fourth-order valence-electron chi connectivity index (χ4n) is 5.09. The molecular weight excluding hydrogens is 486 g/mol. The van der Waals surface area contributed by atoms with E-state index in [1.54, 1.807) is 4.68 Å². The monoisotopic (exact) mass is 509 g/mol. The highest BCUT2D eigenvalue weighted by Gasteiger charge is 2.33. The number of para-hydroxylation sites is 1. The molecule has 2 fully saturated rings. The second-order valence-electron chi connectivity index (χ2n) is 9.02. The first-order chi connectivity index (χ1) is 17.1. The summed E-state index contributed by atoms with van der Waals surface area (Å²) in [5, 5.41) is 9.74. The zero-order valence-electron chi connectivity index (χ0n) is 19.0. The molecule has 2 aliphatic rings. The van der Waals surface area contributed by atoms with Gasteiger partial charge in [0.15, 0.2) is 11.5 Å². The molecule has 1 aromatic carbocycles. The van der Waals surface area contributed by atoms with Crippen LogP contribution in [0.25, 0.3) is 21.5 Å². The predicted molar refractivity (Wildman–Crippen MR) is 134 cm³/mol. The molecule has 0 atom stereocenters. The first-order valence-electron chi connectivity index (χ1n) is 11.8. The number of fused-ring (bicyclic) bond motifs is 1. The Morgan fingerprint density at radius 1 is 1.14 bits per heavy atom. The number of piperidine rings is 1. The van der Waals surface area contributed by atoms with E-state index < -0.39 is 0 Å². The van der Waals surface area contributed by atoms with Crippen molar-refractivity contribution in [3.05, 3.63) is 58.2 Å². The number of aromatic nitrogens is 3. The summed E-state index contributed by atoms with van der Waals surface area (Å²) >= 11 is 7.48. The van der Waals surface area contributed by atoms with Gasteiger partial charge < -0.3 is 14.3 Å². The van der Waals surface area contributed by atoms with Crippen LogP contribution in [0.5, 0.6) is 0 Å². The zero-order chi connectivity index (χ0) is 23.9. The Morgan fingerprint density at radius 2 is 1.97 bits per heavy atom. The second-order valence-corrected chi connectivity index (χ2v) is 10.7. The minimum atomic E-state index is -0.0692. The number of hydrogen-bond donors (Lipinski definition) is 0. The van der Waals surface area contributed by atoms with Crippen LogP contribution in [0.3, 0.4) is 0 Å². The van der Waals surface area contributed by atoms with Crippen molar-refractivity contribution in [1.29, 1.82) is 0 Å². The molecule has 35 heavy (non-hydrogen) atoms. The van der Waals surface area contributed by atoms with Crippen molar-refractivity contribution in [2.24, 2.45) is 0 Å². The molecular formula is C25H24ClN5O3S. The Bertz CT molecular complexity index is 1400. The van der Waals surface area contributed by atoms with Gasteiger partial charge in [-0.3, -0.25) is 14.3 Å². The van der Waals surface area contributed by atoms with E-state index >= 15 is 0 Å². The SMILES string of the molecule is O=C(c1nn(Cc2cc(-c3ccc(Cl)s3)on2)c2ccccc12)N1CCC(N2CCCC2=O)CC1. The number of carbonyl (C=O) groups is 2. The van der Waals surface area contributed by atoms with E-state index in [1.165, 1.54) is 11.3 Å². The van der Waals surface area contributed by atoms with Gasteiger partial charge in [0.25, 0.3) is 5.91 Å². The van der Waals surface area contributed by atoms with Gasteiger partial charge in [0.05, 0.1) is 21.3 Å². The summed E-state index contributed by atoms with van der Waals surface area (Å²) in [7, 11) is 0. The summed E-state index contributed by atoms with van der Waals surface area (Å²) in [5.41, 5.74) is 2.04. The molecule has 0 aliphatic carbocycles. The van der Waals surface area contributed by atoms with Crippen molar-refractivity contribution in [1.82, 2.24) is 24.7 Å². The van der Waals surface area contributed by atoms with E-state index in [1.807, 2.05) is 52.3 Å². The average molecular weight is 510 g/mol. The van der Waals surface area contributed by atoms with E-state index in [0.717, 1.165) is 41.6 Å². The maximum Gasteiger partial charge on any atom is 0.275 e. The third-order valence-electron chi connectivity index (χ3n) is 6.85. The number of likely N-dealkylation sites (tertiary alicyclic amines) is 2. The summed E-state index contributed by atoms with van der Waals surface area (Å²) in [6.07, 6.45) is 3.21. The molecule has 0 radical (unpaired) electrons. The molecule has 180 valence electrons. The Labute approximate surface area is 211 Å². The van der Waals surface area contributed by atoms with Crippen LogP contribution < -0.4 is 0 Å². The van der Waals surface area contributed by atoms with Gasteiger partial charge in [0.2, 0.25) is 5.91 Å². The number of amides is 2. The van der Waals surface area contributed by atoms with Gasteiger partial charge in [0.1, 0.15) is 5.69 Å². The van der Waals surface area contributed by atoms with Gasteiger partial charge in [-0.2, -0.15) is 5.10 Å². The van der Waals surface area contributed by atoms with E-state index in [-0.39, 0.29) is 17.9 Å². The molecule has 0 bridgehead atoms. The fraction of sp³-hybridized carbons (Fsp3) is 0.360. The largest absolute Gasteiger partial charge is 0.355 e. The van der Waals surface area contributed by atoms with Gasteiger partial charge in [-0.1, -0.05) is 35.0 Å². The van der Waals surface area contributed by atoms with Crippen LogP contribution in [0.1, 0.15) is 41.9 Å². The molecule has 6 rings (SSSR count). The van der Waals surface area contributed by atoms with Crippen molar-refractivity contribution in [3.8, 4) is 10.6 Å². The molecule has 4 aromatic rings. The van der Waals surface area contributed by atoms with Crippen molar-refractivity contribution >= 4 is 45.7 Å². The molecule has 0 N–H and O–H groups in total. The van der Waals surface area contributed by atoms with E-state index in [4.69, 9.17) is 21.2 Å². The Kier molecular flexibility index (Phi) is 5.82. The normalized spacial score (nSPS) is 17.1. The number of thiophene rings is 1. The lowest BCUT2D eigenvalue weighted by atomic mass is 10.0. The van der Waals surface area contributed by atoms with Crippen LogP contribution in [0.4, 0.5) is 0 Å². The number of halogens is 1. The Morgan fingerprint density at radius 3 is 2.71 bits per heavy atom. The predicted octanol–water partition coefficient (Wildman–Crippen LogP) is 4.68. The Balaban J connectivity index is 1.21. The second kappa shape index (κ2) is 9.13. The summed E-state index contributed by atoms with van der Waals surface area (Å²) in [6, 6.07) is 13.6. The smallest absolute Gasteiger partial charge is 0.275 e. The third-order valence-corrected chi connectivity index (χ3v) is 8.10. The highest BCUT2D eigenvalue weighted by Crippen LogP contribution is 2.32. The van der Waals surface area contributed by atoms with Gasteiger partial charge in [0, 0.05) is 43.5 Å². The molecule has 5 heterocycles. The van der Waals surface area contributed by atoms with Gasteiger partial charge in [-0.25, -0.2) is 0 Å². The molecule has 0 saturated carbocycles. The van der Waals surface area contributed by atoms with Crippen molar-refractivity contribution in [3.63, 3.8) is 0 Å². The quantitative estimate of drug-likeness (QED) is 0.390. The lowest BCUT2D eigenvalue weighted by Gasteiger charge is -2.36. The van der Waals surface area contributed by atoms with Crippen LogP contribution in [-0.2, 0) is 11.3 Å². The van der Waals surface area contributed by atoms with Crippen molar-refractivity contribution in [2.75, 3.05) is 19.6 Å². The topological polar surface area (TPSA) is 84.5 Å². The lowest BCUT2D eigenvalue weighted by molar-refractivity contribution is -0.130. The fourth-order valence-corrected chi connectivity index (χ4v) is 6.09. The minimum Gasteiger partial charge on any atom is -0.355 e. The van der Waals surface area contributed by atoms with Gasteiger partial charge >= 0.3 is 0 Å². The first-order valence-corrected chi connectivity index (χ1v) is 13.0. The molecule has 0 spiro atoms. The summed E-state index contributed by atoms with van der Waals surface area (Å²) in [6.45, 7) is 2.49. The Hall–Kier alpha value is -3.17. The molecule has 10 heteroatoms. The first kappa shape index (κ1) is 22.3. The number of rotatable bonds is 5. The van der Waals surface area contributed by atoms with E-state index in [0.29, 0.717) is 47.5 Å². The molecule has 2 amide bonds. The lowest BCUT2D eigenvalue weighted by Crippen LogP contribution is -2.47. The minimum absolute atomic E-state index is 0.0692. The maximum absolute atomic E-state index is 13.5. The van der Waals surface area contributed by atoms with Crippen LogP contribution in [0.2, 0.25) is 4.34 Å². The number of nitrogens with zero attached hydrogens (tertiary/aromatic N) is 5. The van der Waals surface area contributed by atoms with E-state index in [2.05, 4.69) is 5.16 Å². The third kappa shape index (κ3) is 4.23. The van der Waals surface area contributed by atoms with Crippen molar-refractivity contribution in [2.45, 2.75) is 38.3 Å². The average Bonchev–Trinajstić information content (AvgIpc) is 3.67. The highest BCUT2D eigenvalue weighted by atomic mass is 35.5. The van der Waals surface area contributed by atoms with Crippen LogP contribution >= 0.6 is 22.9 Å². The highest BCUT2D eigenvalue weighted by molar-refractivity contribution is 7.19. The van der Waals surface area contributed by atoms with E-state index in [9.17, 15) is 9.59 Å². The molecule has 2 aliphatic heterocycles. The van der Waals surface area contributed by atoms with Gasteiger partial charge in [-0.05, 0) is 37.5 Å². The summed E-state index contributed by atoms with van der Waals surface area (Å²) in [5.74, 6) is 0.835. The molecule has 0 unspecified atom stereocenters. The van der Waals surface area contributed by atoms with Crippen molar-refractivity contribution < 1.29 is 14.1 Å². The van der Waals surface area contributed by atoms with Gasteiger partial charge in [-0.15, -0.1) is 11.3 Å². The summed E-state index contributed by atoms with van der Waals surface area (Å²) < 4.78 is 8.01. The summed E-state index contributed by atoms with van der Waals surface area (Å²) in [4.78, 5) is 30.4. The molecule has 3 aromatic heterocycles. The molecule has 2 saturated heterocycles. The number of carbonyl (C=O) groups excluding carboxylic acids is 2. The number of benzene rings is 1.